The summed E-state index contributed by atoms with van der Waals surface area (Å²) in [6.07, 6.45) is 3.34. The molecule has 1 atom stereocenters. The van der Waals surface area contributed by atoms with E-state index in [2.05, 4.69) is 32.6 Å². The van der Waals surface area contributed by atoms with E-state index in [4.69, 9.17) is 4.74 Å². The summed E-state index contributed by atoms with van der Waals surface area (Å²) in [5, 5.41) is 9.52. The molecule has 2 aliphatic heterocycles. The van der Waals surface area contributed by atoms with Crippen LogP contribution in [0.3, 0.4) is 0 Å². The minimum Gasteiger partial charge on any atom is -0.378 e. The van der Waals surface area contributed by atoms with Crippen LogP contribution in [-0.2, 0) is 9.53 Å². The van der Waals surface area contributed by atoms with Crippen molar-refractivity contribution >= 4 is 17.7 Å². The molecule has 2 aliphatic rings. The maximum atomic E-state index is 15.0. The fourth-order valence-electron chi connectivity index (χ4n) is 4.51. The average Bonchev–Trinajstić information content (AvgIpc) is 2.69. The minimum atomic E-state index is -0.405. The summed E-state index contributed by atoms with van der Waals surface area (Å²) < 4.78 is 20.3. The number of ether oxygens (including phenoxy) is 1. The number of nitriles is 1. The van der Waals surface area contributed by atoms with Gasteiger partial charge in [0.2, 0.25) is 0 Å². The van der Waals surface area contributed by atoms with Gasteiger partial charge in [0.05, 0.1) is 13.2 Å². The van der Waals surface area contributed by atoms with Crippen molar-refractivity contribution in [3.8, 4) is 6.07 Å². The summed E-state index contributed by atoms with van der Waals surface area (Å²) in [4.78, 5) is 16.5. The lowest BCUT2D eigenvalue weighted by Gasteiger charge is -2.47. The smallest absolute Gasteiger partial charge is 0.264 e. The highest BCUT2D eigenvalue weighted by molar-refractivity contribution is 6.01. The first-order valence-corrected chi connectivity index (χ1v) is 10.4. The van der Waals surface area contributed by atoms with Crippen LogP contribution in [0.4, 0.5) is 10.1 Å². The molecule has 5 nitrogen and oxygen atoms in total. The van der Waals surface area contributed by atoms with Crippen LogP contribution in [-0.4, -0.2) is 49.2 Å². The molecule has 0 saturated carbocycles. The van der Waals surface area contributed by atoms with E-state index in [9.17, 15) is 10.1 Å². The first kappa shape index (κ1) is 21.3. The Hall–Kier alpha value is -2.39. The quantitative estimate of drug-likeness (QED) is 0.565. The van der Waals surface area contributed by atoms with E-state index in [-0.39, 0.29) is 22.9 Å². The lowest BCUT2D eigenvalue weighted by atomic mass is 9.79. The zero-order chi connectivity index (χ0) is 21.2. The molecule has 1 fully saturated rings. The molecule has 1 saturated heterocycles. The number of hydrogen-bond acceptors (Lipinski definition) is 4. The molecule has 0 N–H and O–H groups in total. The van der Waals surface area contributed by atoms with Crippen LogP contribution in [0, 0.1) is 17.1 Å². The molecule has 1 aromatic rings. The molecule has 1 amide bonds. The van der Waals surface area contributed by atoms with Crippen LogP contribution in [0.5, 0.6) is 0 Å². The fraction of sp³-hybridized carbons (Fsp3) is 0.565. The summed E-state index contributed by atoms with van der Waals surface area (Å²) in [7, 11) is 0. The SMILES string of the molecule is CCCN1c2cc(F)c(/C=C(\C#N)C(=O)N3CCOCC3)cc2C(C)CC1(C)C. The van der Waals surface area contributed by atoms with Gasteiger partial charge in [0.25, 0.3) is 5.91 Å². The van der Waals surface area contributed by atoms with E-state index in [0.717, 1.165) is 30.6 Å². The lowest BCUT2D eigenvalue weighted by Crippen LogP contribution is -2.48. The Morgan fingerprint density at radius 2 is 2.07 bits per heavy atom. The van der Waals surface area contributed by atoms with Crippen LogP contribution in [0.1, 0.15) is 57.6 Å². The summed E-state index contributed by atoms with van der Waals surface area (Å²) in [6.45, 7) is 11.3. The van der Waals surface area contributed by atoms with E-state index in [1.165, 1.54) is 6.08 Å². The third-order valence-electron chi connectivity index (χ3n) is 5.90. The van der Waals surface area contributed by atoms with Gasteiger partial charge in [-0.3, -0.25) is 4.79 Å². The van der Waals surface area contributed by atoms with Gasteiger partial charge >= 0.3 is 0 Å². The molecule has 1 unspecified atom stereocenters. The number of rotatable bonds is 4. The third-order valence-corrected chi connectivity index (χ3v) is 5.90. The van der Waals surface area contributed by atoms with E-state index >= 15 is 4.39 Å². The van der Waals surface area contributed by atoms with Crippen molar-refractivity contribution in [3.63, 3.8) is 0 Å². The highest BCUT2D eigenvalue weighted by Gasteiger charge is 2.36. The van der Waals surface area contributed by atoms with Crippen molar-refractivity contribution in [2.75, 3.05) is 37.7 Å². The summed E-state index contributed by atoms with van der Waals surface area (Å²) in [5.41, 5.74) is 2.20. The first-order chi connectivity index (χ1) is 13.8. The standard InChI is InChI=1S/C23H30FN3O2/c1-5-6-27-21-13-20(24)17(12-19(21)16(2)14-23(27,3)4)11-18(15-25)22(28)26-7-9-29-10-8-26/h11-13,16H,5-10,14H2,1-4H3/b18-11+. The molecule has 156 valence electrons. The Bertz CT molecular complexity index is 850. The van der Waals surface area contributed by atoms with Crippen LogP contribution < -0.4 is 4.90 Å². The predicted molar refractivity (Wildman–Crippen MR) is 112 cm³/mol. The number of halogens is 1. The monoisotopic (exact) mass is 399 g/mol. The third kappa shape index (κ3) is 4.30. The van der Waals surface area contributed by atoms with Crippen LogP contribution >= 0.6 is 0 Å². The van der Waals surface area contributed by atoms with Crippen molar-refractivity contribution in [3.05, 3.63) is 34.6 Å². The van der Waals surface area contributed by atoms with Crippen molar-refractivity contribution in [1.82, 2.24) is 4.90 Å². The van der Waals surface area contributed by atoms with Crippen LogP contribution in [0.15, 0.2) is 17.7 Å². The highest BCUT2D eigenvalue weighted by Crippen LogP contribution is 2.44. The zero-order valence-electron chi connectivity index (χ0n) is 17.8. The van der Waals surface area contributed by atoms with Crippen LogP contribution in [0.2, 0.25) is 0 Å². The molecular weight excluding hydrogens is 369 g/mol. The maximum absolute atomic E-state index is 15.0. The first-order valence-electron chi connectivity index (χ1n) is 10.4. The Kier molecular flexibility index (Phi) is 6.28. The van der Waals surface area contributed by atoms with Gasteiger partial charge in [-0.25, -0.2) is 4.39 Å². The Labute approximate surface area is 172 Å². The Morgan fingerprint density at radius 3 is 2.69 bits per heavy atom. The van der Waals surface area contributed by atoms with Gasteiger partial charge in [-0.2, -0.15) is 5.26 Å². The van der Waals surface area contributed by atoms with Gasteiger partial charge in [-0.05, 0) is 56.4 Å². The van der Waals surface area contributed by atoms with E-state index in [0.29, 0.717) is 31.9 Å². The van der Waals surface area contributed by atoms with Gasteiger partial charge < -0.3 is 14.5 Å². The molecule has 0 aromatic heterocycles. The zero-order valence-corrected chi connectivity index (χ0v) is 17.8. The number of fused-ring (bicyclic) bond motifs is 1. The Balaban J connectivity index is 1.99. The number of amides is 1. The lowest BCUT2D eigenvalue weighted by molar-refractivity contribution is -0.130. The van der Waals surface area contributed by atoms with Crippen LogP contribution in [0.25, 0.3) is 6.08 Å². The molecule has 0 bridgehead atoms. The second-order valence-corrected chi connectivity index (χ2v) is 8.58. The molecule has 29 heavy (non-hydrogen) atoms. The molecule has 6 heteroatoms. The van der Waals surface area contributed by atoms with Crippen molar-refractivity contribution < 1.29 is 13.9 Å². The number of carbonyl (C=O) groups is 1. The summed E-state index contributed by atoms with van der Waals surface area (Å²) >= 11 is 0. The molecule has 2 heterocycles. The number of anilines is 1. The van der Waals surface area contributed by atoms with Gasteiger partial charge in [0.15, 0.2) is 0 Å². The molecule has 0 spiro atoms. The number of benzene rings is 1. The Morgan fingerprint density at radius 1 is 1.38 bits per heavy atom. The van der Waals surface area contributed by atoms with Gasteiger partial charge in [-0.1, -0.05) is 13.8 Å². The van der Waals surface area contributed by atoms with Crippen molar-refractivity contribution in [2.24, 2.45) is 0 Å². The van der Waals surface area contributed by atoms with Gasteiger partial charge in [0.1, 0.15) is 17.5 Å². The van der Waals surface area contributed by atoms with Crippen molar-refractivity contribution in [1.29, 1.82) is 5.26 Å². The van der Waals surface area contributed by atoms with Gasteiger partial charge in [0, 0.05) is 36.4 Å². The average molecular weight is 400 g/mol. The fourth-order valence-corrected chi connectivity index (χ4v) is 4.51. The largest absolute Gasteiger partial charge is 0.378 e. The summed E-state index contributed by atoms with van der Waals surface area (Å²) in [6, 6.07) is 5.35. The molecule has 0 radical (unpaired) electrons. The second-order valence-electron chi connectivity index (χ2n) is 8.58. The molecule has 1 aromatic carbocycles. The van der Waals surface area contributed by atoms with Gasteiger partial charge in [-0.15, -0.1) is 0 Å². The van der Waals surface area contributed by atoms with E-state index in [1.807, 2.05) is 12.1 Å². The number of hydrogen-bond donors (Lipinski definition) is 0. The van der Waals surface area contributed by atoms with Crippen molar-refractivity contribution in [2.45, 2.75) is 52.0 Å². The topological polar surface area (TPSA) is 56.6 Å². The second kappa shape index (κ2) is 8.54. The number of morpholine rings is 1. The maximum Gasteiger partial charge on any atom is 0.264 e. The molecule has 0 aliphatic carbocycles. The molecular formula is C23H30FN3O2. The summed E-state index contributed by atoms with van der Waals surface area (Å²) in [5.74, 6) is -0.506. The van der Waals surface area contributed by atoms with E-state index < -0.39 is 5.82 Å². The normalized spacial score (nSPS) is 21.5. The van der Waals surface area contributed by atoms with E-state index in [1.54, 1.807) is 11.0 Å². The number of nitrogens with zero attached hydrogens (tertiary/aromatic N) is 3. The predicted octanol–water partition coefficient (Wildman–Crippen LogP) is 4.09. The molecule has 3 rings (SSSR count). The number of carbonyl (C=O) groups excluding carboxylic acids is 1. The highest BCUT2D eigenvalue weighted by atomic mass is 19.1. The minimum absolute atomic E-state index is 0.0417.